The molecule has 1 saturated heterocycles. The number of halogens is 4. The molecule has 0 saturated carbocycles. The van der Waals surface area contributed by atoms with Gasteiger partial charge >= 0.3 is 6.18 Å². The van der Waals surface area contributed by atoms with Gasteiger partial charge in [0.15, 0.2) is 16.0 Å². The summed E-state index contributed by atoms with van der Waals surface area (Å²) in [6.07, 6.45) is -3.91. The Morgan fingerprint density at radius 3 is 2.67 bits per heavy atom. The third-order valence-electron chi connectivity index (χ3n) is 3.76. The lowest BCUT2D eigenvalue weighted by atomic mass is 10.2. The van der Waals surface area contributed by atoms with Crippen molar-refractivity contribution in [3.8, 4) is 5.69 Å². The zero-order valence-electron chi connectivity index (χ0n) is 13.3. The van der Waals surface area contributed by atoms with Crippen molar-refractivity contribution < 1.29 is 18.0 Å². The van der Waals surface area contributed by atoms with E-state index in [1.54, 1.807) is 4.90 Å². The highest BCUT2D eigenvalue weighted by molar-refractivity contribution is 8.88. The molecule has 0 radical (unpaired) electrons. The average molecular weight is 432 g/mol. The summed E-state index contributed by atoms with van der Waals surface area (Å²) in [5, 5.41) is 5.17. The smallest absolute Gasteiger partial charge is 0.297 e. The molecule has 1 aromatic carbocycles. The molecule has 1 aromatic heterocycles. The molecule has 0 spiro atoms. The van der Waals surface area contributed by atoms with Crippen molar-refractivity contribution in [2.45, 2.75) is 6.18 Å². The van der Waals surface area contributed by atoms with Gasteiger partial charge < -0.3 is 0 Å². The molecular weight excluding hydrogens is 423 g/mol. The van der Waals surface area contributed by atoms with E-state index in [0.29, 0.717) is 33.1 Å². The molecule has 27 heavy (non-hydrogen) atoms. The number of benzene rings is 1. The van der Waals surface area contributed by atoms with Crippen molar-refractivity contribution in [1.82, 2.24) is 14.7 Å². The molecule has 1 fully saturated rings. The summed E-state index contributed by atoms with van der Waals surface area (Å²) in [4.78, 5) is 22.3. The van der Waals surface area contributed by atoms with Gasteiger partial charge in [-0.2, -0.15) is 23.3 Å². The molecule has 2 aliphatic heterocycles. The zero-order chi connectivity index (χ0) is 19.2. The number of aromatic nitrogens is 2. The quantitative estimate of drug-likeness (QED) is 0.670. The van der Waals surface area contributed by atoms with Gasteiger partial charge in [0.1, 0.15) is 0 Å². The summed E-state index contributed by atoms with van der Waals surface area (Å²) >= 11 is 5.78. The van der Waals surface area contributed by atoms with E-state index in [2.05, 4.69) is 15.1 Å². The van der Waals surface area contributed by atoms with Crippen molar-refractivity contribution in [3.63, 3.8) is 0 Å². The molecule has 0 aliphatic carbocycles. The fraction of sp³-hybridized carbons (Fsp3) is 0.200. The number of amides is 1. The first-order chi connectivity index (χ1) is 12.8. The van der Waals surface area contributed by atoms with Gasteiger partial charge in [-0.1, -0.05) is 11.6 Å². The van der Waals surface area contributed by atoms with Crippen LogP contribution in [0.4, 0.5) is 13.2 Å². The summed E-state index contributed by atoms with van der Waals surface area (Å²) in [6, 6.07) is 5.67. The lowest BCUT2D eigenvalue weighted by molar-refractivity contribution is -0.143. The SMILES string of the molecule is O=C(N=C1SSC2=NCCN21)c1cnn(-c2ccc(Cl)cc2)c1C(F)(F)F. The number of carbonyl (C=O) groups is 1. The van der Waals surface area contributed by atoms with Crippen LogP contribution in [-0.4, -0.2) is 44.0 Å². The van der Waals surface area contributed by atoms with Gasteiger partial charge in [0, 0.05) is 11.6 Å². The van der Waals surface area contributed by atoms with Crippen molar-refractivity contribution in [3.05, 3.63) is 46.7 Å². The van der Waals surface area contributed by atoms with E-state index in [4.69, 9.17) is 11.6 Å². The molecule has 0 bridgehead atoms. The molecule has 3 heterocycles. The largest absolute Gasteiger partial charge is 0.434 e. The molecule has 1 amide bonds. The van der Waals surface area contributed by atoms with Crippen LogP contribution in [0.5, 0.6) is 0 Å². The maximum atomic E-state index is 13.7. The van der Waals surface area contributed by atoms with Crippen LogP contribution in [0.2, 0.25) is 5.02 Å². The second kappa shape index (κ2) is 6.88. The van der Waals surface area contributed by atoms with Gasteiger partial charge in [0.2, 0.25) is 0 Å². The minimum Gasteiger partial charge on any atom is -0.297 e. The number of alkyl halides is 3. The lowest BCUT2D eigenvalue weighted by Crippen LogP contribution is -2.26. The molecule has 0 unspecified atom stereocenters. The number of rotatable bonds is 2. The molecule has 4 rings (SSSR count). The van der Waals surface area contributed by atoms with Gasteiger partial charge in [0.25, 0.3) is 5.91 Å². The highest BCUT2D eigenvalue weighted by Crippen LogP contribution is 2.39. The number of hydrogen-bond acceptors (Lipinski definition) is 5. The lowest BCUT2D eigenvalue weighted by Gasteiger charge is -2.12. The van der Waals surface area contributed by atoms with Gasteiger partial charge in [-0.15, -0.1) is 0 Å². The van der Waals surface area contributed by atoms with Gasteiger partial charge in [-0.05, 0) is 45.9 Å². The van der Waals surface area contributed by atoms with E-state index in [1.165, 1.54) is 45.9 Å². The van der Waals surface area contributed by atoms with Crippen molar-refractivity contribution in [2.75, 3.05) is 13.1 Å². The fourth-order valence-corrected chi connectivity index (χ4v) is 4.97. The second-order valence-electron chi connectivity index (χ2n) is 5.47. The van der Waals surface area contributed by atoms with Crippen LogP contribution >= 0.6 is 33.2 Å². The average Bonchev–Trinajstić information content (AvgIpc) is 3.31. The Morgan fingerprint density at radius 1 is 1.22 bits per heavy atom. The molecule has 0 atom stereocenters. The van der Waals surface area contributed by atoms with Gasteiger partial charge in [-0.25, -0.2) is 4.68 Å². The van der Waals surface area contributed by atoms with Crippen LogP contribution < -0.4 is 0 Å². The summed E-state index contributed by atoms with van der Waals surface area (Å²) in [5.41, 5.74) is -1.65. The van der Waals surface area contributed by atoms with Crippen molar-refractivity contribution in [2.24, 2.45) is 9.98 Å². The predicted octanol–water partition coefficient (Wildman–Crippen LogP) is 4.11. The molecular formula is C15H9ClF3N5OS2. The van der Waals surface area contributed by atoms with E-state index in [0.717, 1.165) is 6.20 Å². The summed E-state index contributed by atoms with van der Waals surface area (Å²) in [5.74, 6) is -1.00. The molecule has 140 valence electrons. The van der Waals surface area contributed by atoms with Crippen LogP contribution in [0.3, 0.4) is 0 Å². The van der Waals surface area contributed by atoms with E-state index in [9.17, 15) is 18.0 Å². The fourth-order valence-electron chi connectivity index (χ4n) is 2.58. The summed E-state index contributed by atoms with van der Waals surface area (Å²) in [7, 11) is 2.52. The van der Waals surface area contributed by atoms with E-state index in [1.807, 2.05) is 0 Å². The Balaban J connectivity index is 1.74. The van der Waals surface area contributed by atoms with Crippen LogP contribution in [0, 0.1) is 0 Å². The van der Waals surface area contributed by atoms with E-state index >= 15 is 0 Å². The van der Waals surface area contributed by atoms with Crippen LogP contribution in [0.25, 0.3) is 5.69 Å². The van der Waals surface area contributed by atoms with Crippen LogP contribution in [0.1, 0.15) is 16.1 Å². The summed E-state index contributed by atoms with van der Waals surface area (Å²) < 4.78 is 41.7. The zero-order valence-corrected chi connectivity index (χ0v) is 15.7. The minimum atomic E-state index is -4.79. The van der Waals surface area contributed by atoms with Crippen molar-refractivity contribution in [1.29, 1.82) is 0 Å². The summed E-state index contributed by atoms with van der Waals surface area (Å²) in [6.45, 7) is 1.12. The van der Waals surface area contributed by atoms with E-state index < -0.39 is 23.3 Å². The highest BCUT2D eigenvalue weighted by atomic mass is 35.5. The number of hydrogen-bond donors (Lipinski definition) is 0. The van der Waals surface area contributed by atoms with Crippen molar-refractivity contribution >= 4 is 49.4 Å². The molecule has 6 nitrogen and oxygen atoms in total. The van der Waals surface area contributed by atoms with Gasteiger partial charge in [0.05, 0.1) is 24.0 Å². The highest BCUT2D eigenvalue weighted by Gasteiger charge is 2.41. The first-order valence-electron chi connectivity index (χ1n) is 7.55. The number of nitrogens with zero attached hydrogens (tertiary/aromatic N) is 5. The molecule has 0 N–H and O–H groups in total. The maximum absolute atomic E-state index is 13.7. The monoisotopic (exact) mass is 431 g/mol. The normalized spacial score (nSPS) is 18.1. The topological polar surface area (TPSA) is 62.9 Å². The maximum Gasteiger partial charge on any atom is 0.434 e. The Bertz CT molecular complexity index is 971. The number of amidine groups is 2. The standard InChI is InChI=1S/C15H9ClF3N5OS2/c16-8-1-3-9(4-2-8)24-11(15(17,18)19)10(7-21-24)12(25)22-14-23-6-5-20-13(23)26-27-14/h1-4,7H,5-6H2. The third-order valence-corrected chi connectivity index (χ3v) is 6.20. The number of aliphatic imine (C=N–C) groups is 2. The Kier molecular flexibility index (Phi) is 4.68. The first kappa shape index (κ1) is 18.4. The number of carbonyl (C=O) groups excluding carboxylic acids is 1. The number of fused-ring (bicyclic) bond motifs is 1. The Hall–Kier alpha value is -1.98. The Labute approximate surface area is 163 Å². The first-order valence-corrected chi connectivity index (χ1v) is 10.1. The van der Waals surface area contributed by atoms with E-state index in [-0.39, 0.29) is 5.69 Å². The molecule has 2 aromatic rings. The Morgan fingerprint density at radius 2 is 1.96 bits per heavy atom. The van der Waals surface area contributed by atoms with Crippen LogP contribution in [-0.2, 0) is 6.18 Å². The predicted molar refractivity (Wildman–Crippen MR) is 99.5 cm³/mol. The second-order valence-corrected chi connectivity index (χ2v) is 7.98. The molecule has 2 aliphatic rings. The minimum absolute atomic E-state index is 0.137. The molecule has 12 heteroatoms. The van der Waals surface area contributed by atoms with Gasteiger partial charge in [-0.3, -0.25) is 14.7 Å². The van der Waals surface area contributed by atoms with Crippen LogP contribution in [0.15, 0.2) is 40.4 Å². The third kappa shape index (κ3) is 3.46.